The zero-order valence-corrected chi connectivity index (χ0v) is 21.2. The number of ether oxygens (including phenoxy) is 1. The van der Waals surface area contributed by atoms with Crippen molar-refractivity contribution in [2.45, 2.75) is 40.0 Å². The average molecular weight is 487 g/mol. The molecule has 2 aromatic carbocycles. The predicted molar refractivity (Wildman–Crippen MR) is 142 cm³/mol. The summed E-state index contributed by atoms with van der Waals surface area (Å²) < 4.78 is 7.41. The third-order valence-corrected chi connectivity index (χ3v) is 6.67. The van der Waals surface area contributed by atoms with E-state index < -0.39 is 0 Å². The van der Waals surface area contributed by atoms with E-state index in [0.29, 0.717) is 17.0 Å². The highest BCUT2D eigenvalue weighted by Crippen LogP contribution is 2.28. The number of phenols is 1. The molecule has 0 aliphatic heterocycles. The van der Waals surface area contributed by atoms with Gasteiger partial charge in [0.05, 0.1) is 16.8 Å². The summed E-state index contributed by atoms with van der Waals surface area (Å²) in [6.45, 7) is 8.87. The number of hydrogen-bond acceptors (Lipinski definition) is 7. The molecule has 0 saturated heterocycles. The van der Waals surface area contributed by atoms with Crippen LogP contribution in [0.5, 0.6) is 11.5 Å². The highest BCUT2D eigenvalue weighted by Gasteiger charge is 2.12. The van der Waals surface area contributed by atoms with Crippen LogP contribution in [0.15, 0.2) is 42.5 Å². The zero-order valence-electron chi connectivity index (χ0n) is 20.4. The average Bonchev–Trinajstić information content (AvgIpc) is 3.28. The molecule has 0 atom stereocenters. The molecule has 35 heavy (non-hydrogen) atoms. The normalized spacial score (nSPS) is 11.1. The second-order valence-corrected chi connectivity index (χ2v) is 9.00. The van der Waals surface area contributed by atoms with Gasteiger partial charge in [0, 0.05) is 36.0 Å². The number of rotatable bonds is 10. The van der Waals surface area contributed by atoms with E-state index in [1.165, 1.54) is 11.3 Å². The second kappa shape index (κ2) is 12.6. The number of aromatic nitrogens is 1. The van der Waals surface area contributed by atoms with Crippen LogP contribution in [0.2, 0.25) is 0 Å². The molecule has 3 rings (SSSR count). The van der Waals surface area contributed by atoms with Crippen molar-refractivity contribution in [2.75, 3.05) is 24.6 Å². The van der Waals surface area contributed by atoms with Gasteiger partial charge in [-0.2, -0.15) is 10.5 Å². The van der Waals surface area contributed by atoms with Crippen LogP contribution < -0.4 is 18.8 Å². The van der Waals surface area contributed by atoms with E-state index in [1.54, 1.807) is 24.3 Å². The third kappa shape index (κ3) is 6.41. The van der Waals surface area contributed by atoms with Crippen LogP contribution in [0.3, 0.4) is 0 Å². The number of unbranched alkanes of at least 4 members (excludes halogenated alkanes) is 2. The standard InChI is InChI=1S/C28H30N4O2S/c1-4-7-8-15-34-25-17-23(32(5-2)6-3)12-9-21(25)16-26-27(20-10-13-24(33)14-11-20)31-28(35-26)22(18-29)19-30/h9-14,16-17,33H,4-8,15H2,1-3H3. The third-order valence-electron chi connectivity index (χ3n) is 5.65. The smallest absolute Gasteiger partial charge is 0.165 e. The number of nitrogens with zero attached hydrogens (tertiary/aromatic N) is 4. The maximum Gasteiger partial charge on any atom is 0.165 e. The molecule has 3 aromatic rings. The number of aromatic hydroxyl groups is 1. The van der Waals surface area contributed by atoms with E-state index in [2.05, 4.69) is 42.8 Å². The molecule has 0 fully saturated rings. The Labute approximate surface area is 210 Å². The van der Waals surface area contributed by atoms with Crippen molar-refractivity contribution < 1.29 is 9.84 Å². The fourth-order valence-electron chi connectivity index (χ4n) is 3.71. The van der Waals surface area contributed by atoms with Gasteiger partial charge in [0.2, 0.25) is 0 Å². The Morgan fingerprint density at radius 3 is 2.40 bits per heavy atom. The van der Waals surface area contributed by atoms with Crippen molar-refractivity contribution in [2.24, 2.45) is 0 Å². The van der Waals surface area contributed by atoms with E-state index in [-0.39, 0.29) is 11.3 Å². The van der Waals surface area contributed by atoms with E-state index in [4.69, 9.17) is 4.74 Å². The summed E-state index contributed by atoms with van der Waals surface area (Å²) in [4.78, 5) is 6.89. The summed E-state index contributed by atoms with van der Waals surface area (Å²) in [5.41, 5.74) is 3.42. The van der Waals surface area contributed by atoms with Gasteiger partial charge in [-0.05, 0) is 62.7 Å². The summed E-state index contributed by atoms with van der Waals surface area (Å²) in [5, 5.41) is 28.5. The van der Waals surface area contributed by atoms with Crippen molar-refractivity contribution in [3.05, 3.63) is 57.2 Å². The van der Waals surface area contributed by atoms with Gasteiger partial charge >= 0.3 is 0 Å². The van der Waals surface area contributed by atoms with Gasteiger partial charge in [0.1, 0.15) is 28.3 Å². The minimum Gasteiger partial charge on any atom is -0.508 e. The maximum absolute atomic E-state index is 9.71. The number of anilines is 1. The molecule has 0 spiro atoms. The Morgan fingerprint density at radius 1 is 1.06 bits per heavy atom. The monoisotopic (exact) mass is 486 g/mol. The minimum absolute atomic E-state index is 0.0254. The lowest BCUT2D eigenvalue weighted by molar-refractivity contribution is 0.305. The summed E-state index contributed by atoms with van der Waals surface area (Å²) in [7, 11) is 0. The molecule has 0 radical (unpaired) electrons. The van der Waals surface area contributed by atoms with Crippen molar-refractivity contribution >= 4 is 28.7 Å². The maximum atomic E-state index is 9.71. The topological polar surface area (TPSA) is 93.2 Å². The van der Waals surface area contributed by atoms with Gasteiger partial charge in [-0.3, -0.25) is 0 Å². The SMILES string of the molecule is CCCCCOc1cc(N(CC)CC)ccc1C=c1sc(=C(C#N)C#N)nc1-c1ccc(O)cc1. The number of benzene rings is 2. The molecule has 7 heteroatoms. The molecule has 6 nitrogen and oxygen atoms in total. The van der Waals surface area contributed by atoms with Crippen LogP contribution in [0.1, 0.15) is 45.6 Å². The second-order valence-electron chi connectivity index (χ2n) is 7.97. The number of thiazole rings is 1. The number of phenolic OH excluding ortho intramolecular Hbond substituents is 1. The van der Waals surface area contributed by atoms with Gasteiger partial charge in [-0.25, -0.2) is 4.98 Å². The van der Waals surface area contributed by atoms with Crippen molar-refractivity contribution in [1.82, 2.24) is 4.98 Å². The molecular formula is C28H30N4O2S. The van der Waals surface area contributed by atoms with Crippen LogP contribution in [0.25, 0.3) is 22.9 Å². The first-order chi connectivity index (χ1) is 17.0. The zero-order chi connectivity index (χ0) is 25.2. The molecule has 0 aliphatic carbocycles. The van der Waals surface area contributed by atoms with Crippen molar-refractivity contribution in [1.29, 1.82) is 10.5 Å². The number of nitriles is 2. The molecule has 1 heterocycles. The Hall–Kier alpha value is -3.81. The summed E-state index contributed by atoms with van der Waals surface area (Å²) in [6, 6.07) is 16.8. The van der Waals surface area contributed by atoms with Gasteiger partial charge in [-0.15, -0.1) is 11.3 Å². The summed E-state index contributed by atoms with van der Waals surface area (Å²) >= 11 is 1.29. The minimum atomic E-state index is -0.0254. The fraction of sp³-hybridized carbons (Fsp3) is 0.321. The summed E-state index contributed by atoms with van der Waals surface area (Å²) in [6.07, 6.45) is 5.21. The van der Waals surface area contributed by atoms with Gasteiger partial charge in [-0.1, -0.05) is 19.8 Å². The first-order valence-corrected chi connectivity index (χ1v) is 12.7. The van der Waals surface area contributed by atoms with Crippen LogP contribution >= 0.6 is 11.3 Å². The molecule has 0 saturated carbocycles. The lowest BCUT2D eigenvalue weighted by atomic mass is 10.1. The Kier molecular flexibility index (Phi) is 9.29. The molecule has 1 N–H and O–H groups in total. The highest BCUT2D eigenvalue weighted by atomic mass is 32.1. The lowest BCUT2D eigenvalue weighted by Crippen LogP contribution is -2.21. The predicted octanol–water partition coefficient (Wildman–Crippen LogP) is 4.96. The molecular weight excluding hydrogens is 456 g/mol. The van der Waals surface area contributed by atoms with E-state index >= 15 is 0 Å². The summed E-state index contributed by atoms with van der Waals surface area (Å²) in [5.74, 6) is 0.952. The molecule has 0 aliphatic rings. The Balaban J connectivity index is 2.19. The van der Waals surface area contributed by atoms with Crippen LogP contribution in [-0.4, -0.2) is 29.8 Å². The molecule has 0 unspecified atom stereocenters. The van der Waals surface area contributed by atoms with Crippen LogP contribution in [0, 0.1) is 22.7 Å². The first-order valence-electron chi connectivity index (χ1n) is 11.9. The van der Waals surface area contributed by atoms with E-state index in [0.717, 1.165) is 59.4 Å². The molecule has 180 valence electrons. The van der Waals surface area contributed by atoms with Crippen LogP contribution in [0.4, 0.5) is 5.69 Å². The quantitative estimate of drug-likeness (QED) is 0.407. The highest BCUT2D eigenvalue weighted by molar-refractivity contribution is 7.08. The van der Waals surface area contributed by atoms with E-state index in [9.17, 15) is 15.6 Å². The van der Waals surface area contributed by atoms with Gasteiger partial charge in [0.15, 0.2) is 5.57 Å². The largest absolute Gasteiger partial charge is 0.508 e. The molecule has 0 bridgehead atoms. The van der Waals surface area contributed by atoms with E-state index in [1.807, 2.05) is 24.3 Å². The number of hydrogen-bond donors (Lipinski definition) is 1. The van der Waals surface area contributed by atoms with Crippen LogP contribution in [-0.2, 0) is 0 Å². The van der Waals surface area contributed by atoms with Gasteiger partial charge < -0.3 is 14.7 Å². The van der Waals surface area contributed by atoms with Gasteiger partial charge in [0.25, 0.3) is 0 Å². The molecule has 0 amide bonds. The molecule has 1 aromatic heterocycles. The lowest BCUT2D eigenvalue weighted by Gasteiger charge is -2.22. The van der Waals surface area contributed by atoms with Crippen molar-refractivity contribution in [3.63, 3.8) is 0 Å². The Bertz CT molecular complexity index is 1330. The first kappa shape index (κ1) is 25.8. The Morgan fingerprint density at radius 2 is 1.77 bits per heavy atom. The fourth-order valence-corrected chi connectivity index (χ4v) is 4.70. The van der Waals surface area contributed by atoms with Crippen molar-refractivity contribution in [3.8, 4) is 34.9 Å².